The minimum atomic E-state index is -0.896. The lowest BCUT2D eigenvalue weighted by molar-refractivity contribution is -0.127. The van der Waals surface area contributed by atoms with Crippen LogP contribution in [0.4, 0.5) is 11.4 Å². The number of aryl methyl sites for hydroxylation is 1. The van der Waals surface area contributed by atoms with Crippen LogP contribution < -0.4 is 15.1 Å². The van der Waals surface area contributed by atoms with Crippen molar-refractivity contribution in [1.82, 2.24) is 20.3 Å². The Bertz CT molecular complexity index is 1430. The first-order chi connectivity index (χ1) is 18.9. The number of benzene rings is 3. The highest BCUT2D eigenvalue weighted by Crippen LogP contribution is 2.30. The third kappa shape index (κ3) is 5.93. The van der Waals surface area contributed by atoms with Gasteiger partial charge in [-0.1, -0.05) is 47.2 Å². The van der Waals surface area contributed by atoms with Crippen LogP contribution in [0, 0.1) is 6.92 Å². The molecular weight excluding hydrogens is 492 g/mol. The molecular formula is C30H34N6O3. The second kappa shape index (κ2) is 11.7. The Morgan fingerprint density at radius 2 is 1.74 bits per heavy atom. The van der Waals surface area contributed by atoms with Gasteiger partial charge in [-0.25, -0.2) is 4.68 Å². The van der Waals surface area contributed by atoms with E-state index in [9.17, 15) is 9.59 Å². The highest BCUT2D eigenvalue weighted by Gasteiger charge is 2.34. The minimum absolute atomic E-state index is 0.0178. The quantitative estimate of drug-likeness (QED) is 0.356. The van der Waals surface area contributed by atoms with E-state index >= 15 is 0 Å². The first kappa shape index (κ1) is 26.4. The molecule has 1 aliphatic heterocycles. The standard InChI is InChI=1S/C30H34N6O3/c1-21-10-14-24(15-11-21)36(28(37)20-35-27-9-5-4-8-26(27)32-33-35)29(22-12-16-23(17-13-22)34(2)3)30(38)31-19-25-7-6-18-39-25/h4-5,8-17,25,29H,6-7,18-20H2,1-3H3,(H,31,38)/t25-,29+/m1/s1. The second-order valence-electron chi connectivity index (χ2n) is 10.1. The van der Waals surface area contributed by atoms with E-state index in [0.717, 1.165) is 29.6 Å². The lowest BCUT2D eigenvalue weighted by Gasteiger charge is -2.32. The first-order valence-electron chi connectivity index (χ1n) is 13.2. The van der Waals surface area contributed by atoms with Crippen LogP contribution in [0.5, 0.6) is 0 Å². The van der Waals surface area contributed by atoms with Gasteiger partial charge in [0.15, 0.2) is 0 Å². The molecule has 1 fully saturated rings. The van der Waals surface area contributed by atoms with Crippen LogP contribution in [-0.4, -0.2) is 60.2 Å². The average molecular weight is 527 g/mol. The van der Waals surface area contributed by atoms with Crippen LogP contribution >= 0.6 is 0 Å². The second-order valence-corrected chi connectivity index (χ2v) is 10.1. The van der Waals surface area contributed by atoms with Crippen molar-refractivity contribution < 1.29 is 14.3 Å². The number of anilines is 2. The number of hydrogen-bond donors (Lipinski definition) is 1. The van der Waals surface area contributed by atoms with Crippen molar-refractivity contribution in [2.45, 2.75) is 38.5 Å². The fraction of sp³-hybridized carbons (Fsp3) is 0.333. The number of para-hydroxylation sites is 1. The summed E-state index contributed by atoms with van der Waals surface area (Å²) in [7, 11) is 3.93. The molecule has 0 unspecified atom stereocenters. The largest absolute Gasteiger partial charge is 0.378 e. The Kier molecular flexibility index (Phi) is 7.88. The molecule has 1 aliphatic rings. The maximum absolute atomic E-state index is 14.1. The molecule has 1 N–H and O–H groups in total. The number of nitrogens with one attached hydrogen (secondary N) is 1. The van der Waals surface area contributed by atoms with E-state index in [0.29, 0.717) is 29.9 Å². The Morgan fingerprint density at radius 3 is 2.44 bits per heavy atom. The molecule has 0 spiro atoms. The minimum Gasteiger partial charge on any atom is -0.378 e. The van der Waals surface area contributed by atoms with Crippen molar-refractivity contribution in [2.24, 2.45) is 0 Å². The van der Waals surface area contributed by atoms with Crippen LogP contribution in [-0.2, 0) is 20.9 Å². The van der Waals surface area contributed by atoms with Crippen LogP contribution in [0.2, 0.25) is 0 Å². The molecule has 39 heavy (non-hydrogen) atoms. The summed E-state index contributed by atoms with van der Waals surface area (Å²) in [6, 6.07) is 22.0. The van der Waals surface area contributed by atoms with Crippen LogP contribution in [0.1, 0.15) is 30.0 Å². The third-order valence-electron chi connectivity index (χ3n) is 7.05. The zero-order valence-electron chi connectivity index (χ0n) is 22.6. The molecule has 2 atom stereocenters. The monoisotopic (exact) mass is 526 g/mol. The van der Waals surface area contributed by atoms with Gasteiger partial charge >= 0.3 is 0 Å². The molecule has 1 saturated heterocycles. The summed E-state index contributed by atoms with van der Waals surface area (Å²) in [5.74, 6) is -0.538. The predicted molar refractivity (Wildman–Crippen MR) is 152 cm³/mol. The summed E-state index contributed by atoms with van der Waals surface area (Å²) >= 11 is 0. The highest BCUT2D eigenvalue weighted by atomic mass is 16.5. The summed E-state index contributed by atoms with van der Waals surface area (Å²) in [5.41, 5.74) is 4.86. The van der Waals surface area contributed by atoms with Crippen LogP contribution in [0.15, 0.2) is 72.8 Å². The number of hydrogen-bond acceptors (Lipinski definition) is 6. The van der Waals surface area contributed by atoms with Gasteiger partial charge in [-0.05, 0) is 61.7 Å². The molecule has 3 aromatic carbocycles. The molecule has 9 nitrogen and oxygen atoms in total. The van der Waals surface area contributed by atoms with Crippen molar-refractivity contribution in [3.63, 3.8) is 0 Å². The Hall–Kier alpha value is -4.24. The molecule has 0 aliphatic carbocycles. The number of fused-ring (bicyclic) bond motifs is 1. The van der Waals surface area contributed by atoms with E-state index in [4.69, 9.17) is 4.74 Å². The van der Waals surface area contributed by atoms with Gasteiger partial charge in [0.1, 0.15) is 18.1 Å². The third-order valence-corrected chi connectivity index (χ3v) is 7.05. The molecule has 202 valence electrons. The van der Waals surface area contributed by atoms with Gasteiger partial charge in [-0.3, -0.25) is 14.5 Å². The number of ether oxygens (including phenoxy) is 1. The van der Waals surface area contributed by atoms with Crippen molar-refractivity contribution in [3.8, 4) is 0 Å². The molecule has 2 amide bonds. The van der Waals surface area contributed by atoms with Gasteiger partial charge < -0.3 is 15.0 Å². The number of carbonyl (C=O) groups is 2. The van der Waals surface area contributed by atoms with Crippen LogP contribution in [0.25, 0.3) is 11.0 Å². The predicted octanol–water partition coefficient (Wildman–Crippen LogP) is 3.88. The van der Waals surface area contributed by atoms with Crippen molar-refractivity contribution in [2.75, 3.05) is 37.0 Å². The van der Waals surface area contributed by atoms with Gasteiger partial charge in [0.25, 0.3) is 0 Å². The molecule has 5 rings (SSSR count). The summed E-state index contributed by atoms with van der Waals surface area (Å²) in [4.78, 5) is 31.6. The smallest absolute Gasteiger partial charge is 0.249 e. The van der Waals surface area contributed by atoms with Gasteiger partial charge in [0.2, 0.25) is 11.8 Å². The number of aromatic nitrogens is 3. The fourth-order valence-corrected chi connectivity index (χ4v) is 4.87. The van der Waals surface area contributed by atoms with E-state index < -0.39 is 6.04 Å². The van der Waals surface area contributed by atoms with Crippen molar-refractivity contribution in [3.05, 3.63) is 83.9 Å². The molecule has 9 heteroatoms. The average Bonchev–Trinajstić information content (AvgIpc) is 3.61. The molecule has 2 heterocycles. The lowest BCUT2D eigenvalue weighted by atomic mass is 10.0. The van der Waals surface area contributed by atoms with E-state index in [-0.39, 0.29) is 24.5 Å². The first-order valence-corrected chi connectivity index (χ1v) is 13.2. The molecule has 4 aromatic rings. The highest BCUT2D eigenvalue weighted by molar-refractivity contribution is 6.01. The van der Waals surface area contributed by atoms with Gasteiger partial charge in [0.05, 0.1) is 11.6 Å². The van der Waals surface area contributed by atoms with Crippen molar-refractivity contribution in [1.29, 1.82) is 0 Å². The van der Waals surface area contributed by atoms with Gasteiger partial charge in [-0.15, -0.1) is 5.10 Å². The summed E-state index contributed by atoms with van der Waals surface area (Å²) in [6.45, 7) is 3.02. The summed E-state index contributed by atoms with van der Waals surface area (Å²) in [5, 5.41) is 11.5. The fourth-order valence-electron chi connectivity index (χ4n) is 4.87. The number of amides is 2. The van der Waals surface area contributed by atoms with E-state index in [1.165, 1.54) is 0 Å². The van der Waals surface area contributed by atoms with Crippen molar-refractivity contribution >= 4 is 34.2 Å². The molecule has 0 radical (unpaired) electrons. The van der Waals surface area contributed by atoms with Gasteiger partial charge in [-0.2, -0.15) is 0 Å². The molecule has 1 aromatic heterocycles. The maximum Gasteiger partial charge on any atom is 0.249 e. The van der Waals surface area contributed by atoms with E-state index in [1.807, 2.05) is 98.7 Å². The number of nitrogens with zero attached hydrogens (tertiary/aromatic N) is 5. The zero-order valence-corrected chi connectivity index (χ0v) is 22.6. The topological polar surface area (TPSA) is 92.6 Å². The molecule has 0 bridgehead atoms. The Labute approximate surface area is 228 Å². The molecule has 0 saturated carbocycles. The number of carbonyl (C=O) groups excluding carboxylic acids is 2. The Balaban J connectivity index is 1.54. The normalized spacial score (nSPS) is 15.7. The Morgan fingerprint density at radius 1 is 1.03 bits per heavy atom. The van der Waals surface area contributed by atoms with E-state index in [1.54, 1.807) is 9.58 Å². The zero-order chi connectivity index (χ0) is 27.4. The summed E-state index contributed by atoms with van der Waals surface area (Å²) < 4.78 is 7.31. The SMILES string of the molecule is Cc1ccc(N(C(=O)Cn2nnc3ccccc32)[C@H](C(=O)NC[C@H]2CCCO2)c2ccc(N(C)C)cc2)cc1. The van der Waals surface area contributed by atoms with Crippen LogP contribution in [0.3, 0.4) is 0 Å². The van der Waals surface area contributed by atoms with Gasteiger partial charge in [0, 0.05) is 38.6 Å². The lowest BCUT2D eigenvalue weighted by Crippen LogP contribution is -2.46. The number of rotatable bonds is 9. The summed E-state index contributed by atoms with van der Waals surface area (Å²) in [6.07, 6.45) is 1.87. The maximum atomic E-state index is 14.1. The van der Waals surface area contributed by atoms with E-state index in [2.05, 4.69) is 15.6 Å².